The van der Waals surface area contributed by atoms with Crippen molar-refractivity contribution in [1.82, 2.24) is 0 Å². The SMILES string of the molecule is Cc1ccc(C)c(NC(=O)c2cc[n+]([O-])cc2)c1. The van der Waals surface area contributed by atoms with Gasteiger partial charge in [-0.15, -0.1) is 0 Å². The summed E-state index contributed by atoms with van der Waals surface area (Å²) in [6, 6.07) is 8.86. The van der Waals surface area contributed by atoms with Gasteiger partial charge in [-0.25, -0.2) is 0 Å². The van der Waals surface area contributed by atoms with Gasteiger partial charge in [0.25, 0.3) is 5.91 Å². The molecular weight excluding hydrogens is 228 g/mol. The molecule has 0 saturated heterocycles. The molecule has 92 valence electrons. The number of hydrogen-bond donors (Lipinski definition) is 1. The van der Waals surface area contributed by atoms with Gasteiger partial charge in [-0.2, -0.15) is 4.73 Å². The molecule has 0 aliphatic carbocycles. The van der Waals surface area contributed by atoms with Gasteiger partial charge < -0.3 is 10.5 Å². The highest BCUT2D eigenvalue weighted by Crippen LogP contribution is 2.17. The summed E-state index contributed by atoms with van der Waals surface area (Å²) in [5.74, 6) is -0.218. The van der Waals surface area contributed by atoms with Crippen molar-refractivity contribution in [1.29, 1.82) is 0 Å². The molecule has 0 spiro atoms. The van der Waals surface area contributed by atoms with E-state index in [0.717, 1.165) is 16.8 Å². The van der Waals surface area contributed by atoms with Gasteiger partial charge >= 0.3 is 0 Å². The zero-order chi connectivity index (χ0) is 13.1. The van der Waals surface area contributed by atoms with E-state index < -0.39 is 0 Å². The summed E-state index contributed by atoms with van der Waals surface area (Å²) in [6.07, 6.45) is 2.61. The third-order valence-electron chi connectivity index (χ3n) is 2.71. The number of amides is 1. The second kappa shape index (κ2) is 4.87. The zero-order valence-corrected chi connectivity index (χ0v) is 10.3. The number of carbonyl (C=O) groups excluding carboxylic acids is 1. The van der Waals surface area contributed by atoms with E-state index >= 15 is 0 Å². The Morgan fingerprint density at radius 3 is 2.50 bits per heavy atom. The topological polar surface area (TPSA) is 56.0 Å². The largest absolute Gasteiger partial charge is 0.619 e. The third-order valence-corrected chi connectivity index (χ3v) is 2.71. The van der Waals surface area contributed by atoms with Crippen molar-refractivity contribution >= 4 is 11.6 Å². The van der Waals surface area contributed by atoms with E-state index in [-0.39, 0.29) is 5.91 Å². The van der Waals surface area contributed by atoms with E-state index in [0.29, 0.717) is 10.3 Å². The van der Waals surface area contributed by atoms with E-state index in [9.17, 15) is 10.0 Å². The highest BCUT2D eigenvalue weighted by Gasteiger charge is 2.08. The molecule has 1 amide bonds. The standard InChI is InChI=1S/C14H14N2O2/c1-10-3-4-11(2)13(9-10)15-14(17)12-5-7-16(18)8-6-12/h3-9H,1-2H3,(H,15,17). The van der Waals surface area contributed by atoms with Crippen LogP contribution in [0.15, 0.2) is 42.7 Å². The quantitative estimate of drug-likeness (QED) is 0.648. The van der Waals surface area contributed by atoms with Gasteiger partial charge in [0.1, 0.15) is 0 Å². The number of pyridine rings is 1. The molecule has 18 heavy (non-hydrogen) atoms. The van der Waals surface area contributed by atoms with E-state index in [4.69, 9.17) is 0 Å². The fraction of sp³-hybridized carbons (Fsp3) is 0.143. The molecule has 0 radical (unpaired) electrons. The fourth-order valence-corrected chi connectivity index (χ4v) is 1.63. The molecule has 4 heteroatoms. The Bertz CT molecular complexity index is 577. The van der Waals surface area contributed by atoms with E-state index in [1.165, 1.54) is 24.5 Å². The van der Waals surface area contributed by atoms with Crippen LogP contribution in [0, 0.1) is 19.1 Å². The molecule has 1 aromatic carbocycles. The smallest absolute Gasteiger partial charge is 0.256 e. The molecule has 4 nitrogen and oxygen atoms in total. The lowest BCUT2D eigenvalue weighted by atomic mass is 10.1. The second-order valence-electron chi connectivity index (χ2n) is 4.22. The third kappa shape index (κ3) is 2.66. The first-order valence-electron chi connectivity index (χ1n) is 5.64. The summed E-state index contributed by atoms with van der Waals surface area (Å²) in [7, 11) is 0. The van der Waals surface area contributed by atoms with Crippen molar-refractivity contribution in [2.75, 3.05) is 5.32 Å². The number of anilines is 1. The van der Waals surface area contributed by atoms with Crippen LogP contribution in [0.1, 0.15) is 21.5 Å². The lowest BCUT2D eigenvalue weighted by molar-refractivity contribution is -0.605. The Morgan fingerprint density at radius 2 is 1.83 bits per heavy atom. The van der Waals surface area contributed by atoms with Crippen molar-refractivity contribution in [3.8, 4) is 0 Å². The predicted octanol–water partition coefficient (Wildman–Crippen LogP) is 2.19. The van der Waals surface area contributed by atoms with Crippen LogP contribution in [-0.4, -0.2) is 5.91 Å². The summed E-state index contributed by atoms with van der Waals surface area (Å²) in [6.45, 7) is 3.91. The maximum Gasteiger partial charge on any atom is 0.256 e. The molecule has 1 aromatic heterocycles. The lowest BCUT2D eigenvalue weighted by Gasteiger charge is -2.09. The molecule has 2 rings (SSSR count). The normalized spacial score (nSPS) is 10.1. The first-order chi connectivity index (χ1) is 8.56. The predicted molar refractivity (Wildman–Crippen MR) is 69.3 cm³/mol. The number of aryl methyl sites for hydroxylation is 2. The lowest BCUT2D eigenvalue weighted by Crippen LogP contribution is -2.25. The van der Waals surface area contributed by atoms with Crippen molar-refractivity contribution in [2.45, 2.75) is 13.8 Å². The van der Waals surface area contributed by atoms with Gasteiger partial charge in [-0.1, -0.05) is 12.1 Å². The summed E-state index contributed by atoms with van der Waals surface area (Å²) < 4.78 is 0.648. The van der Waals surface area contributed by atoms with Crippen molar-refractivity contribution in [3.63, 3.8) is 0 Å². The van der Waals surface area contributed by atoms with Gasteiger partial charge in [-0.3, -0.25) is 4.79 Å². The second-order valence-corrected chi connectivity index (χ2v) is 4.22. The highest BCUT2D eigenvalue weighted by molar-refractivity contribution is 6.04. The van der Waals surface area contributed by atoms with Gasteiger partial charge in [0.2, 0.25) is 0 Å². The average Bonchev–Trinajstić information content (AvgIpc) is 2.34. The minimum absolute atomic E-state index is 0.218. The first kappa shape index (κ1) is 12.1. The van der Waals surface area contributed by atoms with Crippen LogP contribution in [0.5, 0.6) is 0 Å². The van der Waals surface area contributed by atoms with E-state index in [2.05, 4.69) is 5.32 Å². The van der Waals surface area contributed by atoms with E-state index in [1.807, 2.05) is 32.0 Å². The summed E-state index contributed by atoms with van der Waals surface area (Å²) in [5, 5.41) is 13.7. The van der Waals surface area contributed by atoms with Crippen LogP contribution >= 0.6 is 0 Å². The van der Waals surface area contributed by atoms with Gasteiger partial charge in [-0.05, 0) is 31.0 Å². The molecule has 1 N–H and O–H groups in total. The average molecular weight is 242 g/mol. The van der Waals surface area contributed by atoms with Crippen molar-refractivity contribution < 1.29 is 9.52 Å². The van der Waals surface area contributed by atoms with E-state index in [1.54, 1.807) is 0 Å². The van der Waals surface area contributed by atoms with Crippen molar-refractivity contribution in [2.24, 2.45) is 0 Å². The Kier molecular flexibility index (Phi) is 3.28. The molecule has 1 heterocycles. The minimum atomic E-state index is -0.218. The number of nitrogens with one attached hydrogen (secondary N) is 1. The summed E-state index contributed by atoms with van der Waals surface area (Å²) >= 11 is 0. The van der Waals surface area contributed by atoms with Crippen LogP contribution in [0.2, 0.25) is 0 Å². The molecule has 0 aliphatic rings. The number of benzene rings is 1. The minimum Gasteiger partial charge on any atom is -0.619 e. The molecule has 0 unspecified atom stereocenters. The highest BCUT2D eigenvalue weighted by atomic mass is 16.5. The fourth-order valence-electron chi connectivity index (χ4n) is 1.63. The van der Waals surface area contributed by atoms with Crippen LogP contribution in [0.25, 0.3) is 0 Å². The zero-order valence-electron chi connectivity index (χ0n) is 10.3. The molecule has 0 bridgehead atoms. The number of aromatic nitrogens is 1. The Labute approximate surface area is 105 Å². The number of carbonyl (C=O) groups is 1. The monoisotopic (exact) mass is 242 g/mol. The number of hydrogen-bond acceptors (Lipinski definition) is 2. The van der Waals surface area contributed by atoms with Gasteiger partial charge in [0, 0.05) is 17.8 Å². The Balaban J connectivity index is 2.21. The van der Waals surface area contributed by atoms with Crippen molar-refractivity contribution in [3.05, 3.63) is 64.6 Å². The first-order valence-corrected chi connectivity index (χ1v) is 5.64. The summed E-state index contributed by atoms with van der Waals surface area (Å²) in [5.41, 5.74) is 3.34. The molecule has 0 fully saturated rings. The van der Waals surface area contributed by atoms with Crippen LogP contribution < -0.4 is 10.0 Å². The maximum absolute atomic E-state index is 12.0. The Morgan fingerprint density at radius 1 is 1.17 bits per heavy atom. The van der Waals surface area contributed by atoms with Crippen LogP contribution in [-0.2, 0) is 0 Å². The number of nitrogens with zero attached hydrogens (tertiary/aromatic N) is 1. The molecule has 0 aliphatic heterocycles. The van der Waals surface area contributed by atoms with Gasteiger partial charge in [0.15, 0.2) is 12.4 Å². The van der Waals surface area contributed by atoms with Gasteiger partial charge in [0.05, 0.1) is 5.56 Å². The Hall–Kier alpha value is -2.36. The van der Waals surface area contributed by atoms with Crippen LogP contribution in [0.4, 0.5) is 5.69 Å². The molecule has 0 atom stereocenters. The van der Waals surface area contributed by atoms with Crippen LogP contribution in [0.3, 0.4) is 0 Å². The number of rotatable bonds is 2. The summed E-state index contributed by atoms with van der Waals surface area (Å²) in [4.78, 5) is 12.0. The molecule has 0 saturated carbocycles. The molecule has 2 aromatic rings. The maximum atomic E-state index is 12.0. The molecular formula is C14H14N2O2.